The van der Waals surface area contributed by atoms with E-state index in [0.717, 1.165) is 0 Å². The van der Waals surface area contributed by atoms with Gasteiger partial charge in [0.05, 0.1) is 4.92 Å². The fraction of sp³-hybridized carbons (Fsp3) is 0. The van der Waals surface area contributed by atoms with Crippen LogP contribution in [0.3, 0.4) is 0 Å². The number of rotatable bonds is 1. The number of halogens is 2. The molecule has 1 rings (SSSR count). The molecule has 1 aromatic carbocycles. The Hall–Kier alpha value is -0.800. The second-order valence-corrected chi connectivity index (χ2v) is 2.17. The third-order valence-corrected chi connectivity index (χ3v) is 1.25. The van der Waals surface area contributed by atoms with Gasteiger partial charge in [0.15, 0.2) is 0 Å². The molecule has 0 atom stereocenters. The highest BCUT2D eigenvalue weighted by atomic mass is 35.5. The van der Waals surface area contributed by atoms with E-state index in [0.29, 0.717) is 5.02 Å². The first-order valence-corrected chi connectivity index (χ1v) is 2.98. The Bertz CT molecular complexity index is 265. The van der Waals surface area contributed by atoms with Gasteiger partial charge in [0.1, 0.15) is 0 Å². The summed E-state index contributed by atoms with van der Waals surface area (Å²) in [6, 6.07) is 5.84. The Labute approximate surface area is 74.5 Å². The third-order valence-electron chi connectivity index (χ3n) is 1.02. The molecule has 0 N–H and O–H groups in total. The lowest BCUT2D eigenvalue weighted by Gasteiger charge is -1.89. The standard InChI is InChI=1S/C6H4ClNO2.ClH/c7-5-2-1-3-6(4-5)8(9)10;/h1-4H;1H. The van der Waals surface area contributed by atoms with Crippen molar-refractivity contribution in [3.05, 3.63) is 39.4 Å². The fourth-order valence-electron chi connectivity index (χ4n) is 0.590. The van der Waals surface area contributed by atoms with E-state index in [1.54, 1.807) is 12.1 Å². The van der Waals surface area contributed by atoms with Gasteiger partial charge in [0.25, 0.3) is 5.69 Å². The highest BCUT2D eigenvalue weighted by molar-refractivity contribution is 6.30. The Balaban J connectivity index is 0.000001000. The van der Waals surface area contributed by atoms with Gasteiger partial charge in [-0.2, -0.15) is 0 Å². The second-order valence-electron chi connectivity index (χ2n) is 1.74. The molecule has 0 fully saturated rings. The topological polar surface area (TPSA) is 43.1 Å². The van der Waals surface area contributed by atoms with E-state index in [9.17, 15) is 10.1 Å². The molecule has 1 aromatic rings. The lowest BCUT2D eigenvalue weighted by molar-refractivity contribution is -0.384. The zero-order chi connectivity index (χ0) is 7.56. The smallest absolute Gasteiger partial charge is 0.258 e. The number of hydrogen-bond donors (Lipinski definition) is 0. The van der Waals surface area contributed by atoms with Gasteiger partial charge in [-0.15, -0.1) is 12.4 Å². The molecule has 0 aromatic heterocycles. The van der Waals surface area contributed by atoms with Crippen LogP contribution >= 0.6 is 24.0 Å². The van der Waals surface area contributed by atoms with Crippen molar-refractivity contribution in [1.82, 2.24) is 0 Å². The van der Waals surface area contributed by atoms with Gasteiger partial charge >= 0.3 is 0 Å². The molecule has 0 heterocycles. The molecular formula is C6H5Cl2NO2. The predicted octanol–water partition coefficient (Wildman–Crippen LogP) is 2.67. The Morgan fingerprint density at radius 3 is 2.45 bits per heavy atom. The van der Waals surface area contributed by atoms with Gasteiger partial charge in [-0.1, -0.05) is 17.7 Å². The average Bonchev–Trinajstić information content (AvgIpc) is 1.88. The van der Waals surface area contributed by atoms with Crippen molar-refractivity contribution in [2.45, 2.75) is 0 Å². The van der Waals surface area contributed by atoms with Crippen molar-refractivity contribution in [2.75, 3.05) is 0 Å². The van der Waals surface area contributed by atoms with Gasteiger partial charge in [0, 0.05) is 17.2 Å². The number of nitro groups is 1. The second kappa shape index (κ2) is 4.16. The summed E-state index contributed by atoms with van der Waals surface area (Å²) in [5.74, 6) is 0. The van der Waals surface area contributed by atoms with Crippen LogP contribution in [0.4, 0.5) is 5.69 Å². The van der Waals surface area contributed by atoms with Crippen LogP contribution in [-0.2, 0) is 0 Å². The largest absolute Gasteiger partial charge is 0.270 e. The Morgan fingerprint density at radius 2 is 2.09 bits per heavy atom. The molecule has 0 aliphatic heterocycles. The minimum Gasteiger partial charge on any atom is -0.258 e. The van der Waals surface area contributed by atoms with Gasteiger partial charge < -0.3 is 0 Å². The van der Waals surface area contributed by atoms with Crippen LogP contribution in [-0.4, -0.2) is 4.92 Å². The maximum atomic E-state index is 10.1. The zero-order valence-corrected chi connectivity index (χ0v) is 6.93. The first-order valence-electron chi connectivity index (χ1n) is 2.60. The van der Waals surface area contributed by atoms with Crippen molar-refractivity contribution in [2.24, 2.45) is 0 Å². The monoisotopic (exact) mass is 193 g/mol. The number of hydrogen-bond acceptors (Lipinski definition) is 2. The first kappa shape index (κ1) is 10.2. The van der Waals surface area contributed by atoms with Crippen molar-refractivity contribution in [3.8, 4) is 0 Å². The van der Waals surface area contributed by atoms with E-state index in [2.05, 4.69) is 0 Å². The molecule has 5 heteroatoms. The average molecular weight is 194 g/mol. The molecule has 0 spiro atoms. The molecule has 0 bridgehead atoms. The predicted molar refractivity (Wildman–Crippen MR) is 45.4 cm³/mol. The fourth-order valence-corrected chi connectivity index (χ4v) is 0.774. The summed E-state index contributed by atoms with van der Waals surface area (Å²) < 4.78 is 0. The van der Waals surface area contributed by atoms with Crippen LogP contribution in [0.1, 0.15) is 0 Å². The summed E-state index contributed by atoms with van der Waals surface area (Å²) in [5, 5.41) is 10.5. The van der Waals surface area contributed by atoms with E-state index in [4.69, 9.17) is 11.6 Å². The molecule has 0 saturated heterocycles. The normalized spacial score (nSPS) is 8.45. The van der Waals surface area contributed by atoms with E-state index in [-0.39, 0.29) is 18.1 Å². The number of non-ortho nitro benzene ring substituents is 1. The summed E-state index contributed by atoms with van der Waals surface area (Å²) in [6.07, 6.45) is 0. The lowest BCUT2D eigenvalue weighted by Crippen LogP contribution is -1.85. The quantitative estimate of drug-likeness (QED) is 0.509. The van der Waals surface area contributed by atoms with Crippen molar-refractivity contribution in [1.29, 1.82) is 0 Å². The van der Waals surface area contributed by atoms with Crippen LogP contribution in [0.2, 0.25) is 5.02 Å². The highest BCUT2D eigenvalue weighted by Crippen LogP contribution is 2.16. The Kier molecular flexibility index (Phi) is 3.85. The van der Waals surface area contributed by atoms with Crippen molar-refractivity contribution in [3.63, 3.8) is 0 Å². The SMILES string of the molecule is Cl.O=[N+]([O-])c1cccc(Cl)c1. The molecule has 3 nitrogen and oxygen atoms in total. The molecule has 0 amide bonds. The van der Waals surface area contributed by atoms with E-state index in [1.807, 2.05) is 0 Å². The van der Waals surface area contributed by atoms with E-state index < -0.39 is 4.92 Å². The third kappa shape index (κ3) is 2.74. The minimum absolute atomic E-state index is 0. The number of benzene rings is 1. The molecule has 0 aliphatic carbocycles. The summed E-state index contributed by atoms with van der Waals surface area (Å²) in [7, 11) is 0. The van der Waals surface area contributed by atoms with E-state index >= 15 is 0 Å². The summed E-state index contributed by atoms with van der Waals surface area (Å²) >= 11 is 5.48. The molecule has 60 valence electrons. The maximum absolute atomic E-state index is 10.1. The van der Waals surface area contributed by atoms with Crippen LogP contribution < -0.4 is 0 Å². The molecule has 0 unspecified atom stereocenters. The van der Waals surface area contributed by atoms with Crippen LogP contribution in [0.5, 0.6) is 0 Å². The molecular weight excluding hydrogens is 189 g/mol. The summed E-state index contributed by atoms with van der Waals surface area (Å²) in [6.45, 7) is 0. The number of nitro benzene ring substituents is 1. The van der Waals surface area contributed by atoms with Crippen molar-refractivity contribution < 1.29 is 4.92 Å². The number of nitrogens with zero attached hydrogens (tertiary/aromatic N) is 1. The molecule has 0 aliphatic rings. The van der Waals surface area contributed by atoms with E-state index in [1.165, 1.54) is 12.1 Å². The first-order chi connectivity index (χ1) is 4.70. The Morgan fingerprint density at radius 1 is 1.45 bits per heavy atom. The van der Waals surface area contributed by atoms with Crippen LogP contribution in [0.25, 0.3) is 0 Å². The summed E-state index contributed by atoms with van der Waals surface area (Å²) in [4.78, 5) is 9.62. The van der Waals surface area contributed by atoms with Gasteiger partial charge in [-0.3, -0.25) is 10.1 Å². The molecule has 0 saturated carbocycles. The van der Waals surface area contributed by atoms with Crippen LogP contribution in [0.15, 0.2) is 24.3 Å². The van der Waals surface area contributed by atoms with Gasteiger partial charge in [-0.05, 0) is 6.07 Å². The minimum atomic E-state index is -0.480. The lowest BCUT2D eigenvalue weighted by atomic mass is 10.3. The van der Waals surface area contributed by atoms with Crippen molar-refractivity contribution >= 4 is 29.7 Å². The maximum Gasteiger partial charge on any atom is 0.270 e. The molecule has 0 radical (unpaired) electrons. The van der Waals surface area contributed by atoms with Crippen LogP contribution in [0, 0.1) is 10.1 Å². The highest BCUT2D eigenvalue weighted by Gasteiger charge is 2.02. The summed E-state index contributed by atoms with van der Waals surface area (Å²) in [5.41, 5.74) is 0.0208. The van der Waals surface area contributed by atoms with Gasteiger partial charge in [0.2, 0.25) is 0 Å². The molecule has 11 heavy (non-hydrogen) atoms. The zero-order valence-electron chi connectivity index (χ0n) is 5.36. The van der Waals surface area contributed by atoms with Gasteiger partial charge in [-0.25, -0.2) is 0 Å².